The van der Waals surface area contributed by atoms with E-state index in [0.29, 0.717) is 35.2 Å². The molecule has 5 rings (SSSR count). The van der Waals surface area contributed by atoms with Crippen LogP contribution in [-0.2, 0) is 20.7 Å². The number of aryl methyl sites for hydroxylation is 1. The molecule has 3 aromatic rings. The van der Waals surface area contributed by atoms with Crippen molar-refractivity contribution in [2.24, 2.45) is 0 Å². The van der Waals surface area contributed by atoms with E-state index in [-0.39, 0.29) is 16.1 Å². The van der Waals surface area contributed by atoms with Gasteiger partial charge in [0.05, 0.1) is 42.5 Å². The number of esters is 2. The van der Waals surface area contributed by atoms with Crippen LogP contribution in [0.3, 0.4) is 0 Å². The largest absolute Gasteiger partial charge is 0.469 e. The molecule has 0 radical (unpaired) electrons. The average Bonchev–Trinajstić information content (AvgIpc) is 3.54. The summed E-state index contributed by atoms with van der Waals surface area (Å²) in [5, 5.41) is 3.04. The summed E-state index contributed by atoms with van der Waals surface area (Å²) in [6, 6.07) is 12.6. The molecule has 1 aromatic heterocycles. The first-order chi connectivity index (χ1) is 17.3. The van der Waals surface area contributed by atoms with Crippen molar-refractivity contribution in [2.75, 3.05) is 24.4 Å². The molecule has 10 heteroatoms. The van der Waals surface area contributed by atoms with Gasteiger partial charge in [-0.05, 0) is 54.8 Å². The summed E-state index contributed by atoms with van der Waals surface area (Å²) >= 11 is 1.23. The lowest BCUT2D eigenvalue weighted by atomic mass is 9.99. The quantitative estimate of drug-likeness (QED) is 0.415. The number of amides is 3. The number of hydrogen-bond acceptors (Lipinski definition) is 8. The molecular weight excluding hydrogens is 484 g/mol. The van der Waals surface area contributed by atoms with E-state index >= 15 is 0 Å². The molecule has 0 bridgehead atoms. The molecule has 3 amide bonds. The Morgan fingerprint density at radius 2 is 1.58 bits per heavy atom. The average molecular weight is 505 g/mol. The van der Waals surface area contributed by atoms with Crippen molar-refractivity contribution in [3.05, 3.63) is 81.2 Å². The van der Waals surface area contributed by atoms with Crippen LogP contribution in [0.15, 0.2) is 48.5 Å². The maximum atomic E-state index is 13.0. The summed E-state index contributed by atoms with van der Waals surface area (Å²) < 4.78 is 9.81. The first kappa shape index (κ1) is 23.4. The van der Waals surface area contributed by atoms with Crippen LogP contribution < -0.4 is 10.2 Å². The zero-order valence-corrected chi connectivity index (χ0v) is 20.1. The maximum absolute atomic E-state index is 13.0. The van der Waals surface area contributed by atoms with Crippen molar-refractivity contribution < 1.29 is 33.4 Å². The number of anilines is 2. The van der Waals surface area contributed by atoms with Crippen LogP contribution in [0.5, 0.6) is 0 Å². The molecule has 182 valence electrons. The van der Waals surface area contributed by atoms with E-state index in [0.717, 1.165) is 9.78 Å². The number of nitrogens with one attached hydrogen (secondary N) is 1. The summed E-state index contributed by atoms with van der Waals surface area (Å²) in [5.74, 6) is -3.05. The van der Waals surface area contributed by atoms with Crippen LogP contribution in [0.1, 0.15) is 64.2 Å². The number of methoxy groups -OCH3 is 2. The number of hydrogen-bond donors (Lipinski definition) is 1. The molecule has 0 saturated carbocycles. The van der Waals surface area contributed by atoms with E-state index in [2.05, 4.69) is 5.32 Å². The molecule has 0 saturated heterocycles. The highest BCUT2D eigenvalue weighted by Gasteiger charge is 2.39. The number of benzene rings is 2. The van der Waals surface area contributed by atoms with Crippen molar-refractivity contribution in [1.29, 1.82) is 0 Å². The van der Waals surface area contributed by atoms with Gasteiger partial charge >= 0.3 is 11.9 Å². The van der Waals surface area contributed by atoms with Gasteiger partial charge in [0.25, 0.3) is 17.7 Å². The van der Waals surface area contributed by atoms with Gasteiger partial charge in [-0.25, -0.2) is 9.69 Å². The molecule has 1 N–H and O–H groups in total. The topological polar surface area (TPSA) is 119 Å². The van der Waals surface area contributed by atoms with Crippen molar-refractivity contribution in [3.8, 4) is 0 Å². The Bertz CT molecular complexity index is 1410. The van der Waals surface area contributed by atoms with Gasteiger partial charge in [0, 0.05) is 10.4 Å². The van der Waals surface area contributed by atoms with Gasteiger partial charge in [-0.15, -0.1) is 11.3 Å². The normalized spacial score (nSPS) is 15.9. The molecule has 1 atom stereocenters. The fraction of sp³-hybridized carbons (Fsp3) is 0.192. The highest BCUT2D eigenvalue weighted by Crippen LogP contribution is 2.46. The molecule has 9 nitrogen and oxygen atoms in total. The molecule has 36 heavy (non-hydrogen) atoms. The summed E-state index contributed by atoms with van der Waals surface area (Å²) in [4.78, 5) is 65.2. The third kappa shape index (κ3) is 3.66. The van der Waals surface area contributed by atoms with Gasteiger partial charge < -0.3 is 14.8 Å². The van der Waals surface area contributed by atoms with Crippen molar-refractivity contribution in [1.82, 2.24) is 0 Å². The Labute approximate surface area is 209 Å². The smallest absolute Gasteiger partial charge is 0.341 e. The monoisotopic (exact) mass is 504 g/mol. The first-order valence-corrected chi connectivity index (χ1v) is 11.9. The molecular formula is C26H20N2O7S. The predicted molar refractivity (Wildman–Crippen MR) is 131 cm³/mol. The number of carbonyl (C=O) groups is 5. The second-order valence-electron chi connectivity index (χ2n) is 8.24. The Hall–Kier alpha value is -4.31. The Kier molecular flexibility index (Phi) is 5.89. The van der Waals surface area contributed by atoms with E-state index in [1.165, 1.54) is 49.8 Å². The Morgan fingerprint density at radius 1 is 0.944 bits per heavy atom. The predicted octanol–water partition coefficient (Wildman–Crippen LogP) is 3.79. The molecule has 1 aliphatic heterocycles. The van der Waals surface area contributed by atoms with Crippen LogP contribution in [0.25, 0.3) is 0 Å². The fourth-order valence-corrected chi connectivity index (χ4v) is 5.86. The number of rotatable bonds is 5. The third-order valence-electron chi connectivity index (χ3n) is 6.31. The SMILES string of the molecule is COC(=O)c1c(NC(=O)c2ccc(N3C(=O)c4ccccc4C3=O)cc2)sc2c1C(C(=O)OC)CC2. The van der Waals surface area contributed by atoms with Crippen molar-refractivity contribution in [3.63, 3.8) is 0 Å². The first-order valence-electron chi connectivity index (χ1n) is 11.1. The summed E-state index contributed by atoms with van der Waals surface area (Å²) in [6.07, 6.45) is 1.10. The lowest BCUT2D eigenvalue weighted by molar-refractivity contribution is -0.142. The lowest BCUT2D eigenvalue weighted by Gasteiger charge is -2.14. The van der Waals surface area contributed by atoms with Crippen LogP contribution in [-0.4, -0.2) is 43.9 Å². The minimum absolute atomic E-state index is 0.154. The van der Waals surface area contributed by atoms with E-state index in [1.807, 2.05) is 0 Å². The van der Waals surface area contributed by atoms with Gasteiger partial charge in [0.15, 0.2) is 0 Å². The number of imide groups is 1. The summed E-state index contributed by atoms with van der Waals surface area (Å²) in [7, 11) is 2.52. The molecule has 0 fully saturated rings. The highest BCUT2D eigenvalue weighted by molar-refractivity contribution is 7.17. The van der Waals surface area contributed by atoms with E-state index < -0.39 is 35.6 Å². The summed E-state index contributed by atoms with van der Waals surface area (Å²) in [6.45, 7) is 0. The number of ether oxygens (including phenoxy) is 2. The summed E-state index contributed by atoms with van der Waals surface area (Å²) in [5.41, 5.74) is 1.94. The van der Waals surface area contributed by atoms with E-state index in [4.69, 9.17) is 9.47 Å². The molecule has 2 aliphatic rings. The maximum Gasteiger partial charge on any atom is 0.341 e. The lowest BCUT2D eigenvalue weighted by Crippen LogP contribution is -2.29. The minimum Gasteiger partial charge on any atom is -0.469 e. The second kappa shape index (κ2) is 9.04. The third-order valence-corrected chi connectivity index (χ3v) is 7.50. The van der Waals surface area contributed by atoms with Crippen LogP contribution in [0, 0.1) is 0 Å². The van der Waals surface area contributed by atoms with Gasteiger partial charge in [-0.2, -0.15) is 0 Å². The van der Waals surface area contributed by atoms with Gasteiger partial charge in [0.1, 0.15) is 5.00 Å². The van der Waals surface area contributed by atoms with Crippen molar-refractivity contribution >= 4 is 51.7 Å². The highest BCUT2D eigenvalue weighted by atomic mass is 32.1. The molecule has 2 heterocycles. The van der Waals surface area contributed by atoms with E-state index in [9.17, 15) is 24.0 Å². The molecule has 2 aromatic carbocycles. The van der Waals surface area contributed by atoms with Crippen LogP contribution in [0.4, 0.5) is 10.7 Å². The molecule has 1 unspecified atom stereocenters. The van der Waals surface area contributed by atoms with Crippen molar-refractivity contribution in [2.45, 2.75) is 18.8 Å². The van der Waals surface area contributed by atoms with E-state index in [1.54, 1.807) is 24.3 Å². The number of thiophene rings is 1. The fourth-order valence-electron chi connectivity index (χ4n) is 4.60. The zero-order valence-electron chi connectivity index (χ0n) is 19.3. The van der Waals surface area contributed by atoms with Gasteiger partial charge in [0.2, 0.25) is 0 Å². The number of carbonyl (C=O) groups excluding carboxylic acids is 5. The van der Waals surface area contributed by atoms with Crippen LogP contribution >= 0.6 is 11.3 Å². The number of nitrogens with zero attached hydrogens (tertiary/aromatic N) is 1. The second-order valence-corrected chi connectivity index (χ2v) is 9.35. The van der Waals surface area contributed by atoms with Crippen LogP contribution in [0.2, 0.25) is 0 Å². The Morgan fingerprint density at radius 3 is 2.17 bits per heavy atom. The van der Waals surface area contributed by atoms with Gasteiger partial charge in [-0.3, -0.25) is 19.2 Å². The standard InChI is InChI=1S/C26H20N2O7S/c1-34-25(32)17-11-12-18-19(17)20(26(33)35-2)22(36-18)27-21(29)13-7-9-14(10-8-13)28-23(30)15-5-3-4-6-16(15)24(28)31/h3-10,17H,11-12H2,1-2H3,(H,27,29). The molecule has 0 spiro atoms. The number of fused-ring (bicyclic) bond motifs is 2. The molecule has 1 aliphatic carbocycles. The van der Waals surface area contributed by atoms with Gasteiger partial charge in [-0.1, -0.05) is 12.1 Å². The zero-order chi connectivity index (χ0) is 25.6. The minimum atomic E-state index is -0.653. The Balaban J connectivity index is 1.40.